The Morgan fingerprint density at radius 1 is 1.50 bits per heavy atom. The first-order valence-corrected chi connectivity index (χ1v) is 6.39. The van der Waals surface area contributed by atoms with Gasteiger partial charge in [-0.15, -0.1) is 0 Å². The highest BCUT2D eigenvalue weighted by molar-refractivity contribution is 8.00. The molecule has 0 saturated carbocycles. The van der Waals surface area contributed by atoms with Crippen molar-refractivity contribution in [2.45, 2.75) is 17.3 Å². The Morgan fingerprint density at radius 3 is 2.94 bits per heavy atom. The number of nitrogens with one attached hydrogen (secondary N) is 1. The van der Waals surface area contributed by atoms with Crippen LogP contribution in [0.5, 0.6) is 0 Å². The highest BCUT2D eigenvalue weighted by Gasteiger charge is 2.16. The van der Waals surface area contributed by atoms with Crippen LogP contribution in [0.25, 0.3) is 0 Å². The molecule has 2 aromatic rings. The number of carbonyl (C=O) groups is 1. The van der Waals surface area contributed by atoms with Crippen LogP contribution < -0.4 is 5.32 Å². The number of hydrogen-bond donors (Lipinski definition) is 1. The molecule has 2 aromatic heterocycles. The van der Waals surface area contributed by atoms with Gasteiger partial charge in [0.15, 0.2) is 5.16 Å². The summed E-state index contributed by atoms with van der Waals surface area (Å²) >= 11 is 1.42. The van der Waals surface area contributed by atoms with Crippen molar-refractivity contribution in [2.75, 3.05) is 5.32 Å². The van der Waals surface area contributed by atoms with Gasteiger partial charge in [-0.05, 0) is 19.1 Å². The van der Waals surface area contributed by atoms with E-state index in [4.69, 9.17) is 0 Å². The fourth-order valence-electron chi connectivity index (χ4n) is 1.36. The molecule has 0 spiro atoms. The van der Waals surface area contributed by atoms with Crippen molar-refractivity contribution in [2.24, 2.45) is 7.05 Å². The zero-order valence-electron chi connectivity index (χ0n) is 10.2. The molecule has 0 aliphatic heterocycles. The van der Waals surface area contributed by atoms with E-state index in [0.29, 0.717) is 5.69 Å². The number of aromatic nitrogens is 3. The lowest BCUT2D eigenvalue weighted by Gasteiger charge is -2.11. The van der Waals surface area contributed by atoms with Gasteiger partial charge >= 0.3 is 0 Å². The molecule has 0 aliphatic carbocycles. The summed E-state index contributed by atoms with van der Waals surface area (Å²) in [5.74, 6) is -0.0593. The molecule has 94 valence electrons. The van der Waals surface area contributed by atoms with Gasteiger partial charge in [0.25, 0.3) is 0 Å². The lowest BCUT2D eigenvalue weighted by atomic mass is 10.4. The predicted octanol–water partition coefficient (Wildman–Crippen LogP) is 1.93. The highest BCUT2D eigenvalue weighted by Crippen LogP contribution is 2.21. The molecule has 2 heterocycles. The second-order valence-corrected chi connectivity index (χ2v) is 5.12. The third-order valence-corrected chi connectivity index (χ3v) is 3.53. The molecule has 0 aromatic carbocycles. The number of anilines is 1. The molecule has 18 heavy (non-hydrogen) atoms. The summed E-state index contributed by atoms with van der Waals surface area (Å²) in [5, 5.41) is 3.42. The number of nitrogens with zero attached hydrogens (tertiary/aromatic N) is 3. The van der Waals surface area contributed by atoms with Crippen LogP contribution in [0.3, 0.4) is 0 Å². The molecule has 6 heteroatoms. The van der Waals surface area contributed by atoms with E-state index in [-0.39, 0.29) is 11.2 Å². The number of amides is 1. The minimum absolute atomic E-state index is 0.0593. The van der Waals surface area contributed by atoms with Gasteiger partial charge in [-0.1, -0.05) is 11.8 Å². The lowest BCUT2D eigenvalue weighted by Crippen LogP contribution is -2.22. The zero-order valence-corrected chi connectivity index (χ0v) is 11.0. The molecule has 0 radical (unpaired) electrons. The smallest absolute Gasteiger partial charge is 0.237 e. The first-order valence-electron chi connectivity index (χ1n) is 5.51. The fraction of sp³-hybridized carbons (Fsp3) is 0.250. The van der Waals surface area contributed by atoms with Crippen LogP contribution in [0.4, 0.5) is 5.69 Å². The maximum atomic E-state index is 12.0. The van der Waals surface area contributed by atoms with Crippen LogP contribution in [0.15, 0.2) is 42.1 Å². The average Bonchev–Trinajstić information content (AvgIpc) is 2.76. The third-order valence-electron chi connectivity index (χ3n) is 2.36. The quantitative estimate of drug-likeness (QED) is 0.855. The van der Waals surface area contributed by atoms with Crippen molar-refractivity contribution in [3.8, 4) is 0 Å². The number of pyridine rings is 1. The molecule has 0 bridgehead atoms. The zero-order chi connectivity index (χ0) is 13.0. The molecule has 1 unspecified atom stereocenters. The molecule has 5 nitrogen and oxygen atoms in total. The van der Waals surface area contributed by atoms with Crippen molar-refractivity contribution in [3.05, 3.63) is 36.9 Å². The van der Waals surface area contributed by atoms with E-state index in [9.17, 15) is 4.79 Å². The molecule has 1 atom stereocenters. The summed E-state index contributed by atoms with van der Waals surface area (Å²) in [5.41, 5.74) is 0.704. The van der Waals surface area contributed by atoms with Gasteiger partial charge in [0.05, 0.1) is 17.1 Å². The second-order valence-electron chi connectivity index (χ2n) is 3.81. The number of thioether (sulfide) groups is 1. The Balaban J connectivity index is 1.95. The molecule has 0 fully saturated rings. The number of rotatable bonds is 4. The Kier molecular flexibility index (Phi) is 3.99. The van der Waals surface area contributed by atoms with Gasteiger partial charge < -0.3 is 9.88 Å². The summed E-state index contributed by atoms with van der Waals surface area (Å²) < 4.78 is 1.89. The Labute approximate surface area is 110 Å². The highest BCUT2D eigenvalue weighted by atomic mass is 32.2. The van der Waals surface area contributed by atoms with Gasteiger partial charge in [-0.2, -0.15) is 0 Å². The van der Waals surface area contributed by atoms with E-state index in [0.717, 1.165) is 5.16 Å². The van der Waals surface area contributed by atoms with E-state index in [2.05, 4.69) is 15.3 Å². The van der Waals surface area contributed by atoms with Crippen molar-refractivity contribution in [1.82, 2.24) is 14.5 Å². The summed E-state index contributed by atoms with van der Waals surface area (Å²) in [7, 11) is 1.90. The first kappa shape index (κ1) is 12.6. The normalized spacial score (nSPS) is 12.1. The number of imidazole rings is 1. The van der Waals surface area contributed by atoms with E-state index in [1.54, 1.807) is 24.7 Å². The summed E-state index contributed by atoms with van der Waals surface area (Å²) in [6.07, 6.45) is 6.86. The maximum Gasteiger partial charge on any atom is 0.237 e. The van der Waals surface area contributed by atoms with Crippen molar-refractivity contribution in [3.63, 3.8) is 0 Å². The Hall–Kier alpha value is -1.82. The maximum absolute atomic E-state index is 12.0. The van der Waals surface area contributed by atoms with Crippen LogP contribution in [-0.4, -0.2) is 25.7 Å². The summed E-state index contributed by atoms with van der Waals surface area (Å²) in [6.45, 7) is 1.85. The van der Waals surface area contributed by atoms with Crippen LogP contribution >= 0.6 is 11.8 Å². The van der Waals surface area contributed by atoms with E-state index in [1.165, 1.54) is 11.8 Å². The Bertz CT molecular complexity index is 526. The molecule has 1 amide bonds. The predicted molar refractivity (Wildman–Crippen MR) is 71.4 cm³/mol. The average molecular weight is 262 g/mol. The largest absolute Gasteiger partial charge is 0.329 e. The standard InChI is InChI=1S/C12H14N4OS/c1-9(18-12-14-6-7-16(12)2)11(17)15-10-4-3-5-13-8-10/h3-9H,1-2H3,(H,15,17). The number of carbonyl (C=O) groups excluding carboxylic acids is 1. The minimum atomic E-state index is -0.216. The molecule has 0 saturated heterocycles. The molecule has 0 aliphatic rings. The molecular formula is C12H14N4OS. The van der Waals surface area contributed by atoms with Crippen molar-refractivity contribution >= 4 is 23.4 Å². The second kappa shape index (κ2) is 5.68. The monoisotopic (exact) mass is 262 g/mol. The molecule has 2 rings (SSSR count). The van der Waals surface area contributed by atoms with Gasteiger partial charge in [0.1, 0.15) is 0 Å². The SMILES string of the molecule is CC(Sc1nccn1C)C(=O)Nc1cccnc1. The van der Waals surface area contributed by atoms with Gasteiger partial charge in [-0.25, -0.2) is 4.98 Å². The van der Waals surface area contributed by atoms with Crippen molar-refractivity contribution in [1.29, 1.82) is 0 Å². The minimum Gasteiger partial charge on any atom is -0.329 e. The number of hydrogen-bond acceptors (Lipinski definition) is 4. The number of aryl methyl sites for hydroxylation is 1. The lowest BCUT2D eigenvalue weighted by molar-refractivity contribution is -0.115. The van der Waals surface area contributed by atoms with E-state index in [1.807, 2.05) is 30.8 Å². The van der Waals surface area contributed by atoms with Crippen molar-refractivity contribution < 1.29 is 4.79 Å². The summed E-state index contributed by atoms with van der Waals surface area (Å²) in [6, 6.07) is 3.59. The van der Waals surface area contributed by atoms with Crippen LogP contribution in [0, 0.1) is 0 Å². The molecule has 1 N–H and O–H groups in total. The third kappa shape index (κ3) is 3.10. The molecular weight excluding hydrogens is 248 g/mol. The van der Waals surface area contributed by atoms with Gasteiger partial charge in [0, 0.05) is 25.6 Å². The Morgan fingerprint density at radius 2 is 2.33 bits per heavy atom. The summed E-state index contributed by atoms with van der Waals surface area (Å²) in [4.78, 5) is 20.1. The fourth-order valence-corrected chi connectivity index (χ4v) is 2.19. The van der Waals surface area contributed by atoms with Crippen LogP contribution in [0.1, 0.15) is 6.92 Å². The van der Waals surface area contributed by atoms with E-state index < -0.39 is 0 Å². The topological polar surface area (TPSA) is 59.8 Å². The van der Waals surface area contributed by atoms with Crippen LogP contribution in [-0.2, 0) is 11.8 Å². The van der Waals surface area contributed by atoms with Gasteiger partial charge in [0.2, 0.25) is 5.91 Å². The van der Waals surface area contributed by atoms with E-state index >= 15 is 0 Å². The van der Waals surface area contributed by atoms with Gasteiger partial charge in [-0.3, -0.25) is 9.78 Å². The van der Waals surface area contributed by atoms with Crippen LogP contribution in [0.2, 0.25) is 0 Å². The first-order chi connectivity index (χ1) is 8.66.